The molecule has 0 atom stereocenters. The first-order valence-corrected chi connectivity index (χ1v) is 5.96. The van der Waals surface area contributed by atoms with E-state index in [-0.39, 0.29) is 10.7 Å². The second-order valence-corrected chi connectivity index (χ2v) is 4.80. The maximum atomic E-state index is 10.8. The van der Waals surface area contributed by atoms with E-state index in [1.165, 1.54) is 12.3 Å². The Bertz CT molecular complexity index is 608. The molecule has 1 aromatic heterocycles. The molecular weight excluding hydrogens is 296 g/mol. The zero-order valence-electron chi connectivity index (χ0n) is 8.82. The Morgan fingerprint density at radius 3 is 2.11 bits per heavy atom. The molecule has 0 aliphatic heterocycles. The van der Waals surface area contributed by atoms with Crippen molar-refractivity contribution in [3.63, 3.8) is 0 Å². The lowest BCUT2D eigenvalue weighted by atomic mass is 10.1. The molecule has 0 aliphatic carbocycles. The number of halogens is 3. The molecule has 0 unspecified atom stereocenters. The van der Waals surface area contributed by atoms with Gasteiger partial charge in [0.25, 0.3) is 0 Å². The van der Waals surface area contributed by atoms with Crippen molar-refractivity contribution in [2.75, 3.05) is 0 Å². The molecule has 3 nitrogen and oxygen atoms in total. The molecule has 2 aromatic rings. The van der Waals surface area contributed by atoms with Gasteiger partial charge in [0.15, 0.2) is 5.69 Å². The van der Waals surface area contributed by atoms with Gasteiger partial charge in [0, 0.05) is 21.8 Å². The van der Waals surface area contributed by atoms with Crippen molar-refractivity contribution in [2.45, 2.75) is 0 Å². The second-order valence-electron chi connectivity index (χ2n) is 3.52. The molecule has 0 saturated heterocycles. The Morgan fingerprint density at radius 2 is 1.61 bits per heavy atom. The van der Waals surface area contributed by atoms with Crippen LogP contribution in [-0.2, 0) is 0 Å². The highest BCUT2D eigenvalue weighted by molar-refractivity contribution is 6.35. The third kappa shape index (κ3) is 2.75. The van der Waals surface area contributed by atoms with E-state index in [9.17, 15) is 4.79 Å². The largest absolute Gasteiger partial charge is 0.476 e. The maximum Gasteiger partial charge on any atom is 0.356 e. The van der Waals surface area contributed by atoms with Crippen LogP contribution in [0.25, 0.3) is 11.1 Å². The molecule has 2 rings (SSSR count). The molecule has 0 amide bonds. The van der Waals surface area contributed by atoms with Crippen molar-refractivity contribution in [1.82, 2.24) is 4.98 Å². The summed E-state index contributed by atoms with van der Waals surface area (Å²) >= 11 is 17.6. The van der Waals surface area contributed by atoms with E-state index in [2.05, 4.69) is 4.98 Å². The quantitative estimate of drug-likeness (QED) is 0.894. The van der Waals surface area contributed by atoms with Gasteiger partial charge in [-0.05, 0) is 29.8 Å². The number of aromatic carboxylic acids is 1. The summed E-state index contributed by atoms with van der Waals surface area (Å²) in [6.07, 6.45) is 1.41. The molecule has 1 heterocycles. The molecular formula is C12H6Cl3NO2. The SMILES string of the molecule is O=C(O)c1ncc(-c2cc(Cl)cc(Cl)c2)cc1Cl. The van der Waals surface area contributed by atoms with E-state index in [1.54, 1.807) is 18.2 Å². The maximum absolute atomic E-state index is 10.8. The van der Waals surface area contributed by atoms with Crippen LogP contribution in [0.5, 0.6) is 0 Å². The third-order valence-corrected chi connectivity index (χ3v) is 2.96. The molecule has 1 aromatic carbocycles. The lowest BCUT2D eigenvalue weighted by molar-refractivity contribution is 0.0691. The number of aromatic nitrogens is 1. The number of benzene rings is 1. The van der Waals surface area contributed by atoms with Crippen molar-refractivity contribution in [3.05, 3.63) is 51.2 Å². The van der Waals surface area contributed by atoms with Gasteiger partial charge >= 0.3 is 5.97 Å². The minimum absolute atomic E-state index is 0.0658. The van der Waals surface area contributed by atoms with Crippen LogP contribution >= 0.6 is 34.8 Å². The minimum Gasteiger partial charge on any atom is -0.476 e. The number of pyridine rings is 1. The van der Waals surface area contributed by atoms with Crippen molar-refractivity contribution in [1.29, 1.82) is 0 Å². The van der Waals surface area contributed by atoms with Gasteiger partial charge in [0.2, 0.25) is 0 Å². The zero-order valence-corrected chi connectivity index (χ0v) is 11.1. The van der Waals surface area contributed by atoms with Crippen molar-refractivity contribution in [3.8, 4) is 11.1 Å². The van der Waals surface area contributed by atoms with Crippen LogP contribution in [0, 0.1) is 0 Å². The number of rotatable bonds is 2. The fourth-order valence-corrected chi connectivity index (χ4v) is 2.25. The van der Waals surface area contributed by atoms with Crippen LogP contribution < -0.4 is 0 Å². The van der Waals surface area contributed by atoms with Crippen LogP contribution in [0.15, 0.2) is 30.5 Å². The van der Waals surface area contributed by atoms with E-state index in [1.807, 2.05) is 0 Å². The van der Waals surface area contributed by atoms with Crippen LogP contribution in [-0.4, -0.2) is 16.1 Å². The monoisotopic (exact) mass is 301 g/mol. The summed E-state index contributed by atoms with van der Waals surface area (Å²) in [5, 5.41) is 9.86. The average Bonchev–Trinajstić information content (AvgIpc) is 2.26. The van der Waals surface area contributed by atoms with Gasteiger partial charge in [-0.3, -0.25) is 0 Å². The number of hydrogen-bond acceptors (Lipinski definition) is 2. The topological polar surface area (TPSA) is 50.2 Å². The molecule has 0 bridgehead atoms. The number of hydrogen-bond donors (Lipinski definition) is 1. The smallest absolute Gasteiger partial charge is 0.356 e. The Hall–Kier alpha value is -1.29. The summed E-state index contributed by atoms with van der Waals surface area (Å²) < 4.78 is 0. The fourth-order valence-electron chi connectivity index (χ4n) is 1.47. The van der Waals surface area contributed by atoms with Crippen molar-refractivity contribution in [2.24, 2.45) is 0 Å². The first kappa shape index (κ1) is 13.1. The molecule has 0 radical (unpaired) electrons. The minimum atomic E-state index is -1.17. The highest BCUT2D eigenvalue weighted by Gasteiger charge is 2.12. The first-order valence-electron chi connectivity index (χ1n) is 4.82. The van der Waals surface area contributed by atoms with Gasteiger partial charge in [-0.25, -0.2) is 9.78 Å². The third-order valence-electron chi connectivity index (χ3n) is 2.24. The molecule has 0 saturated carbocycles. The number of carboxylic acid groups (broad SMARTS) is 1. The molecule has 0 aliphatic rings. The van der Waals surface area contributed by atoms with Crippen LogP contribution in [0.3, 0.4) is 0 Å². The van der Waals surface area contributed by atoms with Gasteiger partial charge in [0.05, 0.1) is 5.02 Å². The highest BCUT2D eigenvalue weighted by Crippen LogP contribution is 2.29. The molecule has 92 valence electrons. The molecule has 0 fully saturated rings. The lowest BCUT2D eigenvalue weighted by Crippen LogP contribution is -2.01. The zero-order chi connectivity index (χ0) is 13.3. The first-order chi connectivity index (χ1) is 8.47. The number of carboxylic acids is 1. The van der Waals surface area contributed by atoms with Gasteiger partial charge in [-0.15, -0.1) is 0 Å². The number of carbonyl (C=O) groups is 1. The van der Waals surface area contributed by atoms with Crippen molar-refractivity contribution >= 4 is 40.8 Å². The summed E-state index contributed by atoms with van der Waals surface area (Å²) in [6, 6.07) is 6.51. The van der Waals surface area contributed by atoms with E-state index in [0.29, 0.717) is 15.6 Å². The van der Waals surface area contributed by atoms with Crippen LogP contribution in [0.2, 0.25) is 15.1 Å². The standard InChI is InChI=1S/C12H6Cl3NO2/c13-8-1-6(2-9(14)4-8)7-3-10(15)11(12(17)18)16-5-7/h1-5H,(H,17,18). The molecule has 6 heteroatoms. The van der Waals surface area contributed by atoms with E-state index < -0.39 is 5.97 Å². The summed E-state index contributed by atoms with van der Waals surface area (Å²) in [6.45, 7) is 0. The van der Waals surface area contributed by atoms with Crippen LogP contribution in [0.4, 0.5) is 0 Å². The summed E-state index contributed by atoms with van der Waals surface area (Å²) in [7, 11) is 0. The lowest BCUT2D eigenvalue weighted by Gasteiger charge is -2.05. The van der Waals surface area contributed by atoms with Crippen molar-refractivity contribution < 1.29 is 9.90 Å². The summed E-state index contributed by atoms with van der Waals surface area (Å²) in [5.41, 5.74) is 1.18. The Kier molecular flexibility index (Phi) is 3.76. The van der Waals surface area contributed by atoms with Crippen LogP contribution in [0.1, 0.15) is 10.5 Å². The Balaban J connectivity index is 2.52. The van der Waals surface area contributed by atoms with E-state index >= 15 is 0 Å². The van der Waals surface area contributed by atoms with Gasteiger partial charge in [-0.1, -0.05) is 34.8 Å². The van der Waals surface area contributed by atoms with Gasteiger partial charge in [-0.2, -0.15) is 0 Å². The van der Waals surface area contributed by atoms with E-state index in [4.69, 9.17) is 39.9 Å². The second kappa shape index (κ2) is 5.14. The van der Waals surface area contributed by atoms with Gasteiger partial charge in [0.1, 0.15) is 0 Å². The number of nitrogens with zero attached hydrogens (tertiary/aromatic N) is 1. The molecule has 0 spiro atoms. The Labute approximate surface area is 118 Å². The predicted molar refractivity (Wildman–Crippen MR) is 71.7 cm³/mol. The fraction of sp³-hybridized carbons (Fsp3) is 0. The highest BCUT2D eigenvalue weighted by atomic mass is 35.5. The summed E-state index contributed by atoms with van der Waals surface area (Å²) in [5.74, 6) is -1.17. The van der Waals surface area contributed by atoms with Gasteiger partial charge < -0.3 is 5.11 Å². The van der Waals surface area contributed by atoms with E-state index in [0.717, 1.165) is 5.56 Å². The average molecular weight is 303 g/mol. The Morgan fingerprint density at radius 1 is 1.00 bits per heavy atom. The predicted octanol–water partition coefficient (Wildman–Crippen LogP) is 4.41. The molecule has 1 N–H and O–H groups in total. The molecule has 18 heavy (non-hydrogen) atoms. The normalized spacial score (nSPS) is 10.4. The summed E-state index contributed by atoms with van der Waals surface area (Å²) in [4.78, 5) is 14.6.